The Kier molecular flexibility index (Phi) is 5.79. The zero-order chi connectivity index (χ0) is 31.8. The molecule has 0 amide bonds. The van der Waals surface area contributed by atoms with E-state index in [1.807, 2.05) is 30.4 Å². The fourth-order valence-corrected chi connectivity index (χ4v) is 7.93. The maximum atomic E-state index is 10.5. The predicted molar refractivity (Wildman–Crippen MR) is 195 cm³/mol. The van der Waals surface area contributed by atoms with Gasteiger partial charge in [0.15, 0.2) is 0 Å². The molecule has 3 aromatic heterocycles. The monoisotopic (exact) mass is 616 g/mol. The van der Waals surface area contributed by atoms with Crippen molar-refractivity contribution in [1.29, 1.82) is 5.26 Å². The Hall–Kier alpha value is -6.31. The number of benzene rings is 5. The summed E-state index contributed by atoms with van der Waals surface area (Å²) in [6, 6.07) is 40.6. The molecule has 3 atom stereocenters. The molecule has 2 aliphatic rings. The van der Waals surface area contributed by atoms with E-state index in [1.54, 1.807) is 0 Å². The van der Waals surface area contributed by atoms with Gasteiger partial charge in [0.1, 0.15) is 22.5 Å². The summed E-state index contributed by atoms with van der Waals surface area (Å²) in [5.74, 6) is 0.470. The average Bonchev–Trinajstić information content (AvgIpc) is 3.75. The van der Waals surface area contributed by atoms with Gasteiger partial charge in [-0.25, -0.2) is 0 Å². The molecular weight excluding hydrogens is 588 g/mol. The van der Waals surface area contributed by atoms with Crippen molar-refractivity contribution >= 4 is 72.6 Å². The van der Waals surface area contributed by atoms with Gasteiger partial charge in [-0.1, -0.05) is 103 Å². The first-order chi connectivity index (χ1) is 23.8. The van der Waals surface area contributed by atoms with Gasteiger partial charge >= 0.3 is 0 Å². The second kappa shape index (κ2) is 10.4. The van der Waals surface area contributed by atoms with Crippen molar-refractivity contribution in [3.8, 4) is 6.07 Å². The van der Waals surface area contributed by atoms with Gasteiger partial charge in [0.05, 0.1) is 23.0 Å². The minimum atomic E-state index is -0.339. The number of hydrogen-bond acceptors (Lipinski definition) is 3. The summed E-state index contributed by atoms with van der Waals surface area (Å²) in [5.41, 5.74) is 9.17. The summed E-state index contributed by atoms with van der Waals surface area (Å²) in [6.07, 6.45) is 15.0. The first kappa shape index (κ1) is 26.9. The van der Waals surface area contributed by atoms with Crippen molar-refractivity contribution in [3.05, 3.63) is 162 Å². The van der Waals surface area contributed by atoms with Crippen LogP contribution in [0.2, 0.25) is 0 Å². The largest absolute Gasteiger partial charge is 0.456 e. The van der Waals surface area contributed by atoms with E-state index in [0.717, 1.165) is 66.5 Å². The van der Waals surface area contributed by atoms with E-state index in [2.05, 4.69) is 132 Å². The molecule has 4 nitrogen and oxygen atoms in total. The van der Waals surface area contributed by atoms with Crippen LogP contribution in [0.1, 0.15) is 34.3 Å². The first-order valence-electron chi connectivity index (χ1n) is 16.4. The summed E-state index contributed by atoms with van der Waals surface area (Å²) in [4.78, 5) is 0. The molecule has 8 aromatic rings. The van der Waals surface area contributed by atoms with Gasteiger partial charge in [-0.2, -0.15) is 5.26 Å². The topological polar surface area (TPSA) is 55.0 Å². The fourth-order valence-electron chi connectivity index (χ4n) is 7.93. The third-order valence-corrected chi connectivity index (χ3v) is 10.1. The van der Waals surface area contributed by atoms with E-state index in [9.17, 15) is 5.26 Å². The van der Waals surface area contributed by atoms with E-state index in [-0.39, 0.29) is 17.8 Å². The van der Waals surface area contributed by atoms with Gasteiger partial charge in [0.25, 0.3) is 0 Å². The molecule has 0 bridgehead atoms. The molecule has 0 spiro atoms. The second-order valence-electron chi connectivity index (χ2n) is 12.7. The quantitative estimate of drug-likeness (QED) is 0.198. The lowest BCUT2D eigenvalue weighted by atomic mass is 9.80. The van der Waals surface area contributed by atoms with Gasteiger partial charge in [0.2, 0.25) is 0 Å². The lowest BCUT2D eigenvalue weighted by molar-refractivity contribution is 0.603. The fraction of sp³-hybridized carbons (Fsp3) is 0.0682. The van der Waals surface area contributed by atoms with E-state index in [0.29, 0.717) is 0 Å². The summed E-state index contributed by atoms with van der Waals surface area (Å²) in [6.45, 7) is 0. The predicted octanol–water partition coefficient (Wildman–Crippen LogP) is 11.6. The third kappa shape index (κ3) is 3.88. The molecule has 10 rings (SSSR count). The second-order valence-corrected chi connectivity index (χ2v) is 12.7. The standard InChI is InChI=1S/C44H28N2O2/c45-26-30-11-8-16-37(46-35-14-6-4-12-31(35)32-13-5-7-15-36(32)46)42(30)29-19-22-39-34(25-29)44-41(48-39)24-23-40-43(44)33-20-17-28(18-21-38(33)47-40)27-9-2-1-3-10-27/h1-25,28,30,42H. The number of allylic oxidation sites excluding steroid dienone is 6. The summed E-state index contributed by atoms with van der Waals surface area (Å²) in [5, 5.41) is 16.0. The van der Waals surface area contributed by atoms with Crippen LogP contribution >= 0.6 is 0 Å². The zero-order valence-corrected chi connectivity index (χ0v) is 25.9. The molecule has 0 radical (unpaired) electrons. The van der Waals surface area contributed by atoms with Crippen molar-refractivity contribution in [2.24, 2.45) is 5.92 Å². The van der Waals surface area contributed by atoms with Crippen molar-refractivity contribution in [1.82, 2.24) is 4.57 Å². The van der Waals surface area contributed by atoms with Gasteiger partial charge in [-0.15, -0.1) is 0 Å². The highest BCUT2D eigenvalue weighted by Crippen LogP contribution is 2.46. The minimum absolute atomic E-state index is 0.157. The minimum Gasteiger partial charge on any atom is -0.456 e. The summed E-state index contributed by atoms with van der Waals surface area (Å²) < 4.78 is 15.3. The number of para-hydroxylation sites is 2. The van der Waals surface area contributed by atoms with Crippen molar-refractivity contribution in [3.63, 3.8) is 0 Å². The Bertz CT molecular complexity index is 2700. The van der Waals surface area contributed by atoms with Crippen LogP contribution in [-0.4, -0.2) is 4.57 Å². The number of rotatable bonds is 3. The Morgan fingerprint density at radius 2 is 1.29 bits per heavy atom. The molecule has 0 saturated carbocycles. The van der Waals surface area contributed by atoms with Crippen LogP contribution in [0, 0.1) is 17.2 Å². The van der Waals surface area contributed by atoms with Crippen LogP contribution in [0.25, 0.3) is 72.6 Å². The number of furan rings is 2. The van der Waals surface area contributed by atoms with E-state index >= 15 is 0 Å². The molecule has 226 valence electrons. The van der Waals surface area contributed by atoms with E-state index in [4.69, 9.17) is 8.83 Å². The molecule has 0 N–H and O–H groups in total. The molecule has 0 saturated heterocycles. The number of hydrogen-bond donors (Lipinski definition) is 0. The van der Waals surface area contributed by atoms with Crippen molar-refractivity contribution in [2.75, 3.05) is 0 Å². The first-order valence-corrected chi connectivity index (χ1v) is 16.4. The Morgan fingerprint density at radius 3 is 2.06 bits per heavy atom. The van der Waals surface area contributed by atoms with Crippen LogP contribution in [0.4, 0.5) is 0 Å². The maximum Gasteiger partial charge on any atom is 0.136 e. The van der Waals surface area contributed by atoms with E-state index in [1.165, 1.54) is 16.3 Å². The molecule has 48 heavy (non-hydrogen) atoms. The van der Waals surface area contributed by atoms with Crippen LogP contribution in [-0.2, 0) is 0 Å². The number of aromatic nitrogens is 1. The Balaban J connectivity index is 1.18. The van der Waals surface area contributed by atoms with Gasteiger partial charge in [-0.3, -0.25) is 0 Å². The Morgan fingerprint density at radius 1 is 0.604 bits per heavy atom. The third-order valence-electron chi connectivity index (χ3n) is 10.1. The lowest BCUT2D eigenvalue weighted by Gasteiger charge is -2.28. The van der Waals surface area contributed by atoms with Crippen LogP contribution < -0.4 is 0 Å². The van der Waals surface area contributed by atoms with Gasteiger partial charge < -0.3 is 13.4 Å². The SMILES string of the molecule is N#CC1C=CC=C(n2c3ccccc3c3ccccc32)C1c1ccc2oc3ccc4oc5c(c4c3c2c1)C=CC(c1ccccc1)C=C5. The highest BCUT2D eigenvalue weighted by atomic mass is 16.3. The maximum absolute atomic E-state index is 10.5. The number of fused-ring (bicyclic) bond motifs is 10. The summed E-state index contributed by atoms with van der Waals surface area (Å²) in [7, 11) is 0. The smallest absolute Gasteiger partial charge is 0.136 e. The lowest BCUT2D eigenvalue weighted by Crippen LogP contribution is -2.17. The van der Waals surface area contributed by atoms with Crippen molar-refractivity contribution < 1.29 is 8.83 Å². The van der Waals surface area contributed by atoms with E-state index < -0.39 is 0 Å². The van der Waals surface area contributed by atoms with Gasteiger partial charge in [-0.05, 0) is 59.7 Å². The summed E-state index contributed by atoms with van der Waals surface area (Å²) >= 11 is 0. The zero-order valence-electron chi connectivity index (χ0n) is 25.9. The highest BCUT2D eigenvalue weighted by molar-refractivity contribution is 6.21. The van der Waals surface area contributed by atoms with Crippen LogP contribution in [0.3, 0.4) is 0 Å². The molecule has 5 aromatic carbocycles. The molecule has 0 fully saturated rings. The van der Waals surface area contributed by atoms with Crippen molar-refractivity contribution in [2.45, 2.75) is 11.8 Å². The van der Waals surface area contributed by atoms with Crippen LogP contribution in [0.15, 0.2) is 148 Å². The highest BCUT2D eigenvalue weighted by Gasteiger charge is 2.31. The molecule has 4 heteroatoms. The average molecular weight is 617 g/mol. The number of nitriles is 1. The molecule has 0 aliphatic heterocycles. The molecule has 2 aliphatic carbocycles. The normalized spacial score (nSPS) is 18.9. The van der Waals surface area contributed by atoms with Crippen LogP contribution in [0.5, 0.6) is 0 Å². The molecule has 3 heterocycles. The molecular formula is C44H28N2O2. The van der Waals surface area contributed by atoms with Gasteiger partial charge in [0, 0.05) is 50.0 Å². The molecule has 3 unspecified atom stereocenters. The number of nitrogens with zero attached hydrogens (tertiary/aromatic N) is 2. The Labute approximate surface area is 276 Å².